The van der Waals surface area contributed by atoms with Crippen molar-refractivity contribution in [2.24, 2.45) is 23.7 Å². The number of phenols is 1. The van der Waals surface area contributed by atoms with Gasteiger partial charge in [-0.15, -0.1) is 5.92 Å². The zero-order valence-electron chi connectivity index (χ0n) is 31.3. The molecule has 54 heavy (non-hydrogen) atoms. The summed E-state index contributed by atoms with van der Waals surface area (Å²) in [4.78, 5) is 8.67. The number of nitrogens with two attached hydrogens (primary N) is 1. The first-order chi connectivity index (χ1) is 26.2. The highest BCUT2D eigenvalue weighted by Gasteiger charge is 2.43. The summed E-state index contributed by atoms with van der Waals surface area (Å²) >= 11 is 0. The summed E-state index contributed by atoms with van der Waals surface area (Å²) in [5.41, 5.74) is 10.1. The third-order valence-electron chi connectivity index (χ3n) is 11.7. The van der Waals surface area contributed by atoms with Gasteiger partial charge in [-0.1, -0.05) is 74.2 Å². The zero-order valence-corrected chi connectivity index (χ0v) is 31.3. The number of nitrogens with zero attached hydrogens (tertiary/aromatic N) is 2. The SMILES string of the molecule is C[C@H](Cc1ccccc1)[C@@H]1C#CC[C@H]([C@H](O)CCc2ccc(O)c(O[C@H]3[C@H](O)[C@H](O)CC[C@@H]3[C@H](Cc3ccc[n-]3)c3ccnc(N)c3)c2)[C@@H](O)CCCC1. The van der Waals surface area contributed by atoms with E-state index < -0.39 is 30.5 Å². The summed E-state index contributed by atoms with van der Waals surface area (Å²) in [5, 5.41) is 55.7. The van der Waals surface area contributed by atoms with E-state index in [-0.39, 0.29) is 35.2 Å². The molecule has 0 spiro atoms. The molecule has 0 unspecified atom stereocenters. The standard InChI is InChI=1S/C45H56N3O6/c1-29(25-30-9-3-2-4-10-30)32-11-5-6-15-38(49)36(14-7-12-32)39(50)19-16-31-17-20-40(51)42(26-31)54-45-35(18-21-41(52)44(45)53)37(28-34-13-8-23-47-34)33-22-24-48-43(46)27-33/h2-4,8-10,13,17,20,22-24,26-27,29,32,35-39,41,44-45,49-53H,5-6,11,14-16,18-19,21,25,28H2,1H3,(H2,46,48)/q-1/t29-,32+,35-,36+,37-,38+,39-,41-,44-,45-/m1/s1. The summed E-state index contributed by atoms with van der Waals surface area (Å²) in [6.45, 7) is 2.27. The van der Waals surface area contributed by atoms with Crippen LogP contribution < -0.4 is 15.5 Å². The van der Waals surface area contributed by atoms with E-state index in [4.69, 9.17) is 10.5 Å². The van der Waals surface area contributed by atoms with Crippen molar-refractivity contribution in [3.8, 4) is 23.3 Å². The number of phenolic OH excluding ortho intramolecular Hbond substituents is 1. The molecular weight excluding hydrogens is 679 g/mol. The topological polar surface area (TPSA) is 163 Å². The third kappa shape index (κ3) is 10.2. The molecule has 1 saturated carbocycles. The molecule has 9 nitrogen and oxygen atoms in total. The number of aromatic nitrogens is 2. The van der Waals surface area contributed by atoms with Gasteiger partial charge < -0.3 is 41.0 Å². The molecule has 288 valence electrons. The zero-order chi connectivity index (χ0) is 38.0. The molecule has 1 fully saturated rings. The molecule has 2 aliphatic carbocycles. The van der Waals surface area contributed by atoms with Crippen LogP contribution in [0, 0.1) is 35.5 Å². The lowest BCUT2D eigenvalue weighted by atomic mass is 9.71. The number of ether oxygens (including phenoxy) is 1. The number of hydrogen-bond donors (Lipinski definition) is 6. The molecule has 0 saturated heterocycles. The lowest BCUT2D eigenvalue weighted by molar-refractivity contribution is -0.104. The lowest BCUT2D eigenvalue weighted by Crippen LogP contribution is -2.51. The molecule has 6 rings (SSSR count). The number of rotatable bonds is 13. The second-order valence-electron chi connectivity index (χ2n) is 15.6. The Balaban J connectivity index is 1.15. The molecule has 0 amide bonds. The smallest absolute Gasteiger partial charge is 0.161 e. The Morgan fingerprint density at radius 3 is 2.48 bits per heavy atom. The van der Waals surface area contributed by atoms with E-state index in [0.717, 1.165) is 42.5 Å². The van der Waals surface area contributed by atoms with Crippen LogP contribution in [-0.2, 0) is 19.3 Å². The molecule has 0 aliphatic heterocycles. The van der Waals surface area contributed by atoms with Gasteiger partial charge in [0.05, 0.1) is 18.3 Å². The van der Waals surface area contributed by atoms with Crippen molar-refractivity contribution in [3.63, 3.8) is 0 Å². The highest BCUT2D eigenvalue weighted by Crippen LogP contribution is 2.42. The number of aliphatic hydroxyl groups excluding tert-OH is 4. The highest BCUT2D eigenvalue weighted by molar-refractivity contribution is 5.42. The van der Waals surface area contributed by atoms with Gasteiger partial charge in [0.2, 0.25) is 0 Å². The summed E-state index contributed by atoms with van der Waals surface area (Å²) in [7, 11) is 0. The maximum atomic E-state index is 11.4. The van der Waals surface area contributed by atoms with Crippen LogP contribution in [0.2, 0.25) is 0 Å². The van der Waals surface area contributed by atoms with Gasteiger partial charge in [0, 0.05) is 30.4 Å². The minimum absolute atomic E-state index is 0.0817. The van der Waals surface area contributed by atoms with Crippen LogP contribution in [0.3, 0.4) is 0 Å². The van der Waals surface area contributed by atoms with Gasteiger partial charge in [0.1, 0.15) is 18.0 Å². The molecule has 10 atom stereocenters. The van der Waals surface area contributed by atoms with Gasteiger partial charge in [-0.05, 0) is 104 Å². The second-order valence-corrected chi connectivity index (χ2v) is 15.6. The molecule has 9 heteroatoms. The normalized spacial score (nSPS) is 26.5. The number of nitrogen functional groups attached to an aromatic ring is 1. The van der Waals surface area contributed by atoms with Crippen LogP contribution in [0.15, 0.2) is 85.2 Å². The molecule has 0 radical (unpaired) electrons. The van der Waals surface area contributed by atoms with Gasteiger partial charge >= 0.3 is 0 Å². The Morgan fingerprint density at radius 2 is 1.70 bits per heavy atom. The first-order valence-electron chi connectivity index (χ1n) is 19.7. The average Bonchev–Trinajstić information content (AvgIpc) is 3.69. The van der Waals surface area contributed by atoms with Crippen LogP contribution in [-0.4, -0.2) is 61.0 Å². The Hall–Kier alpha value is -4.33. The maximum absolute atomic E-state index is 11.4. The Bertz CT molecular complexity index is 1810. The fourth-order valence-electron chi connectivity index (χ4n) is 8.53. The molecule has 2 heterocycles. The molecule has 4 aromatic rings. The van der Waals surface area contributed by atoms with Gasteiger partial charge in [0.25, 0.3) is 0 Å². The first kappa shape index (κ1) is 39.4. The predicted molar refractivity (Wildman–Crippen MR) is 210 cm³/mol. The highest BCUT2D eigenvalue weighted by atomic mass is 16.5. The number of hydrogen-bond acceptors (Lipinski definition) is 8. The molecular formula is C45H56N3O6-. The van der Waals surface area contributed by atoms with Crippen LogP contribution in [0.4, 0.5) is 5.82 Å². The molecule has 7 N–H and O–H groups in total. The summed E-state index contributed by atoms with van der Waals surface area (Å²) < 4.78 is 6.49. The van der Waals surface area contributed by atoms with E-state index in [9.17, 15) is 25.5 Å². The number of aromatic hydroxyl groups is 1. The minimum atomic E-state index is -1.20. The van der Waals surface area contributed by atoms with Crippen LogP contribution in [0.1, 0.15) is 86.6 Å². The lowest BCUT2D eigenvalue weighted by Gasteiger charge is -2.42. The summed E-state index contributed by atoms with van der Waals surface area (Å²) in [6.07, 6.45) is 6.30. The summed E-state index contributed by atoms with van der Waals surface area (Å²) in [6, 6.07) is 23.2. The number of pyridine rings is 1. The van der Waals surface area contributed by atoms with Crippen LogP contribution >= 0.6 is 0 Å². The van der Waals surface area contributed by atoms with Gasteiger partial charge in [-0.2, -0.15) is 11.9 Å². The van der Waals surface area contributed by atoms with Crippen molar-refractivity contribution >= 4 is 5.82 Å². The Labute approximate surface area is 319 Å². The van der Waals surface area contributed by atoms with E-state index in [0.29, 0.717) is 56.7 Å². The van der Waals surface area contributed by atoms with Crippen molar-refractivity contribution in [3.05, 3.63) is 108 Å². The summed E-state index contributed by atoms with van der Waals surface area (Å²) in [5.74, 6) is 7.28. The second kappa shape index (κ2) is 18.8. The molecule has 2 aliphatic rings. The third-order valence-corrected chi connectivity index (χ3v) is 11.7. The van der Waals surface area contributed by atoms with Gasteiger partial charge in [-0.25, -0.2) is 4.98 Å². The monoisotopic (exact) mass is 734 g/mol. The molecule has 2 aromatic carbocycles. The van der Waals surface area contributed by atoms with Crippen molar-refractivity contribution in [2.45, 2.75) is 114 Å². The Kier molecular flexibility index (Phi) is 13.7. The molecule has 2 aromatic heterocycles. The minimum Gasteiger partial charge on any atom is -0.668 e. The van der Waals surface area contributed by atoms with Crippen LogP contribution in [0.5, 0.6) is 11.5 Å². The van der Waals surface area contributed by atoms with Crippen LogP contribution in [0.25, 0.3) is 0 Å². The van der Waals surface area contributed by atoms with Crippen molar-refractivity contribution in [1.82, 2.24) is 9.97 Å². The first-order valence-corrected chi connectivity index (χ1v) is 19.7. The van der Waals surface area contributed by atoms with Gasteiger partial charge in [-0.3, -0.25) is 0 Å². The molecule has 0 bridgehead atoms. The van der Waals surface area contributed by atoms with E-state index in [1.165, 1.54) is 5.56 Å². The van der Waals surface area contributed by atoms with E-state index in [1.54, 1.807) is 30.6 Å². The van der Waals surface area contributed by atoms with Gasteiger partial charge in [0.15, 0.2) is 11.5 Å². The number of aryl methyl sites for hydroxylation is 1. The predicted octanol–water partition coefficient (Wildman–Crippen LogP) is 5.97. The van der Waals surface area contributed by atoms with Crippen molar-refractivity contribution in [2.75, 3.05) is 5.73 Å². The van der Waals surface area contributed by atoms with Crippen molar-refractivity contribution < 1.29 is 30.3 Å². The fraction of sp³-hybridized carbons (Fsp3) is 0.489. The average molecular weight is 735 g/mol. The Morgan fingerprint density at radius 1 is 0.889 bits per heavy atom. The largest absolute Gasteiger partial charge is 0.668 e. The van der Waals surface area contributed by atoms with E-state index in [1.807, 2.05) is 30.3 Å². The van der Waals surface area contributed by atoms with E-state index >= 15 is 0 Å². The number of aliphatic hydroxyl groups is 4. The van der Waals surface area contributed by atoms with Crippen molar-refractivity contribution in [1.29, 1.82) is 0 Å². The fourth-order valence-corrected chi connectivity index (χ4v) is 8.53. The number of anilines is 1. The quantitative estimate of drug-likeness (QED) is 0.0910. The number of benzene rings is 2. The van der Waals surface area contributed by atoms with E-state index in [2.05, 4.69) is 53.0 Å². The maximum Gasteiger partial charge on any atom is 0.161 e.